The minimum atomic E-state index is 0.459. The van der Waals surface area contributed by atoms with Crippen LogP contribution < -0.4 is 15.2 Å². The second-order valence-corrected chi connectivity index (χ2v) is 5.46. The minimum absolute atomic E-state index is 0.459. The number of nitrogens with zero attached hydrogens (tertiary/aromatic N) is 1. The van der Waals surface area contributed by atoms with E-state index in [0.717, 1.165) is 34.2 Å². The predicted octanol–water partition coefficient (Wildman–Crippen LogP) is 2.93. The lowest BCUT2D eigenvalue weighted by atomic mass is 10.1. The van der Waals surface area contributed by atoms with Gasteiger partial charge in [-0.2, -0.15) is 0 Å². The van der Waals surface area contributed by atoms with Crippen LogP contribution in [-0.2, 0) is 13.0 Å². The highest BCUT2D eigenvalue weighted by atomic mass is 32.1. The van der Waals surface area contributed by atoms with Gasteiger partial charge in [0, 0.05) is 5.38 Å². The molecule has 20 heavy (non-hydrogen) atoms. The summed E-state index contributed by atoms with van der Waals surface area (Å²) in [6.45, 7) is 5.65. The molecule has 0 unspecified atom stereocenters. The zero-order chi connectivity index (χ0) is 14.4. The molecule has 0 aliphatic carbocycles. The molecule has 0 saturated heterocycles. The highest BCUT2D eigenvalue weighted by Gasteiger charge is 2.08. The summed E-state index contributed by atoms with van der Waals surface area (Å²) in [5, 5.41) is 3.06. The van der Waals surface area contributed by atoms with Crippen LogP contribution in [-0.4, -0.2) is 18.1 Å². The first-order valence-electron chi connectivity index (χ1n) is 6.72. The van der Waals surface area contributed by atoms with Crippen molar-refractivity contribution >= 4 is 11.3 Å². The van der Waals surface area contributed by atoms with E-state index in [9.17, 15) is 0 Å². The summed E-state index contributed by atoms with van der Waals surface area (Å²) in [6, 6.07) is 5.96. The van der Waals surface area contributed by atoms with Crippen molar-refractivity contribution in [3.8, 4) is 11.5 Å². The van der Waals surface area contributed by atoms with Crippen LogP contribution in [0.25, 0.3) is 0 Å². The van der Waals surface area contributed by atoms with Crippen LogP contribution in [0.1, 0.15) is 23.2 Å². The SMILES string of the molecule is CCOc1cc(CCN)ccc1OCc1csc(C)n1. The Hall–Kier alpha value is -1.59. The van der Waals surface area contributed by atoms with Crippen LogP contribution >= 0.6 is 11.3 Å². The highest BCUT2D eigenvalue weighted by Crippen LogP contribution is 2.29. The van der Waals surface area contributed by atoms with Crippen molar-refractivity contribution in [2.75, 3.05) is 13.2 Å². The quantitative estimate of drug-likeness (QED) is 0.852. The maximum atomic E-state index is 5.81. The fourth-order valence-corrected chi connectivity index (χ4v) is 2.49. The smallest absolute Gasteiger partial charge is 0.161 e. The van der Waals surface area contributed by atoms with Crippen molar-refractivity contribution in [3.63, 3.8) is 0 Å². The van der Waals surface area contributed by atoms with Gasteiger partial charge in [-0.3, -0.25) is 0 Å². The summed E-state index contributed by atoms with van der Waals surface area (Å²) in [7, 11) is 0. The summed E-state index contributed by atoms with van der Waals surface area (Å²) in [5.41, 5.74) is 7.69. The van der Waals surface area contributed by atoms with Gasteiger partial charge in [-0.05, 0) is 44.5 Å². The monoisotopic (exact) mass is 292 g/mol. The molecular weight excluding hydrogens is 272 g/mol. The molecule has 0 amide bonds. The van der Waals surface area contributed by atoms with Gasteiger partial charge in [-0.1, -0.05) is 6.07 Å². The van der Waals surface area contributed by atoms with Crippen molar-refractivity contribution in [1.29, 1.82) is 0 Å². The van der Waals surface area contributed by atoms with Gasteiger partial charge in [0.15, 0.2) is 11.5 Å². The zero-order valence-corrected chi connectivity index (χ0v) is 12.7. The Balaban J connectivity index is 2.09. The molecule has 0 saturated carbocycles. The molecule has 108 valence electrons. The lowest BCUT2D eigenvalue weighted by molar-refractivity contribution is 0.266. The van der Waals surface area contributed by atoms with Crippen LogP contribution in [0.4, 0.5) is 0 Å². The van der Waals surface area contributed by atoms with E-state index in [4.69, 9.17) is 15.2 Å². The lowest BCUT2D eigenvalue weighted by Gasteiger charge is -2.12. The van der Waals surface area contributed by atoms with Crippen LogP contribution in [0.2, 0.25) is 0 Å². The molecule has 4 nitrogen and oxygen atoms in total. The van der Waals surface area contributed by atoms with Gasteiger partial charge in [-0.25, -0.2) is 4.98 Å². The molecule has 1 aromatic heterocycles. The number of hydrogen-bond acceptors (Lipinski definition) is 5. The van der Waals surface area contributed by atoms with E-state index in [-0.39, 0.29) is 0 Å². The Morgan fingerprint density at radius 2 is 2.10 bits per heavy atom. The van der Waals surface area contributed by atoms with Crippen molar-refractivity contribution < 1.29 is 9.47 Å². The first kappa shape index (κ1) is 14.8. The van der Waals surface area contributed by atoms with E-state index in [1.54, 1.807) is 11.3 Å². The zero-order valence-electron chi connectivity index (χ0n) is 11.9. The largest absolute Gasteiger partial charge is 0.490 e. The first-order chi connectivity index (χ1) is 9.72. The van der Waals surface area contributed by atoms with Crippen LogP contribution in [0.5, 0.6) is 11.5 Å². The molecule has 0 aliphatic rings. The molecular formula is C15H20N2O2S. The normalized spacial score (nSPS) is 10.6. The fourth-order valence-electron chi connectivity index (χ4n) is 1.89. The van der Waals surface area contributed by atoms with Crippen LogP contribution in [0.15, 0.2) is 23.6 Å². The number of thiazole rings is 1. The molecule has 0 bridgehead atoms. The predicted molar refractivity (Wildman–Crippen MR) is 81.6 cm³/mol. The van der Waals surface area contributed by atoms with Crippen molar-refractivity contribution in [2.45, 2.75) is 26.9 Å². The van der Waals surface area contributed by atoms with Gasteiger partial charge in [0.2, 0.25) is 0 Å². The third kappa shape index (κ3) is 3.95. The van der Waals surface area contributed by atoms with E-state index in [2.05, 4.69) is 4.98 Å². The van der Waals surface area contributed by atoms with Gasteiger partial charge in [0.1, 0.15) is 6.61 Å². The number of rotatable bonds is 7. The van der Waals surface area contributed by atoms with Crippen molar-refractivity contribution in [1.82, 2.24) is 4.98 Å². The Kier molecular flexibility index (Phi) is 5.38. The van der Waals surface area contributed by atoms with Gasteiger partial charge in [0.05, 0.1) is 17.3 Å². The third-order valence-corrected chi connectivity index (χ3v) is 3.61. The van der Waals surface area contributed by atoms with Crippen molar-refractivity contribution in [2.24, 2.45) is 5.73 Å². The molecule has 5 heteroatoms. The average Bonchev–Trinajstić information content (AvgIpc) is 2.84. The molecule has 0 radical (unpaired) electrons. The second kappa shape index (κ2) is 7.26. The van der Waals surface area contributed by atoms with E-state index in [1.165, 1.54) is 0 Å². The van der Waals surface area contributed by atoms with Crippen LogP contribution in [0, 0.1) is 6.92 Å². The van der Waals surface area contributed by atoms with Gasteiger partial charge >= 0.3 is 0 Å². The topological polar surface area (TPSA) is 57.4 Å². The van der Waals surface area contributed by atoms with E-state index >= 15 is 0 Å². The number of benzene rings is 1. The minimum Gasteiger partial charge on any atom is -0.490 e. The summed E-state index contributed by atoms with van der Waals surface area (Å²) >= 11 is 1.63. The van der Waals surface area contributed by atoms with E-state index in [0.29, 0.717) is 19.8 Å². The molecule has 2 aromatic rings. The maximum absolute atomic E-state index is 5.81. The molecule has 2 rings (SSSR count). The summed E-state index contributed by atoms with van der Waals surface area (Å²) in [5.74, 6) is 1.52. The Morgan fingerprint density at radius 3 is 2.75 bits per heavy atom. The van der Waals surface area contributed by atoms with Crippen LogP contribution in [0.3, 0.4) is 0 Å². The van der Waals surface area contributed by atoms with Gasteiger partial charge in [0.25, 0.3) is 0 Å². The first-order valence-corrected chi connectivity index (χ1v) is 7.60. The number of ether oxygens (including phenoxy) is 2. The van der Waals surface area contributed by atoms with Crippen molar-refractivity contribution in [3.05, 3.63) is 39.8 Å². The molecule has 0 spiro atoms. The molecule has 0 aliphatic heterocycles. The Morgan fingerprint density at radius 1 is 1.25 bits per heavy atom. The molecule has 0 fully saturated rings. The summed E-state index contributed by atoms with van der Waals surface area (Å²) < 4.78 is 11.4. The lowest BCUT2D eigenvalue weighted by Crippen LogP contribution is -2.04. The Labute approximate surface area is 123 Å². The standard InChI is InChI=1S/C15H20N2O2S/c1-3-18-15-8-12(6-7-16)4-5-14(15)19-9-13-10-20-11(2)17-13/h4-5,8,10H,3,6-7,9,16H2,1-2H3. The molecule has 1 heterocycles. The van der Waals surface area contributed by atoms with E-state index in [1.807, 2.05) is 37.4 Å². The third-order valence-electron chi connectivity index (χ3n) is 2.78. The number of nitrogens with two attached hydrogens (primary N) is 1. The van der Waals surface area contributed by atoms with E-state index < -0.39 is 0 Å². The summed E-state index contributed by atoms with van der Waals surface area (Å²) in [6.07, 6.45) is 0.839. The summed E-state index contributed by atoms with van der Waals surface area (Å²) in [4.78, 5) is 4.38. The fraction of sp³-hybridized carbons (Fsp3) is 0.400. The number of hydrogen-bond donors (Lipinski definition) is 1. The molecule has 0 atom stereocenters. The average molecular weight is 292 g/mol. The highest BCUT2D eigenvalue weighted by molar-refractivity contribution is 7.09. The number of aryl methyl sites for hydroxylation is 1. The van der Waals surface area contributed by atoms with Gasteiger partial charge in [-0.15, -0.1) is 11.3 Å². The second-order valence-electron chi connectivity index (χ2n) is 4.40. The molecule has 2 N–H and O–H groups in total. The Bertz CT molecular complexity index is 555. The molecule has 1 aromatic carbocycles. The maximum Gasteiger partial charge on any atom is 0.161 e. The van der Waals surface area contributed by atoms with Gasteiger partial charge < -0.3 is 15.2 Å². The number of aromatic nitrogens is 1.